The van der Waals surface area contributed by atoms with E-state index in [2.05, 4.69) is 46.3 Å². The van der Waals surface area contributed by atoms with E-state index in [4.69, 9.17) is 4.74 Å². The van der Waals surface area contributed by atoms with Crippen LogP contribution < -0.4 is 0 Å². The molecule has 3 rings (SSSR count). The third kappa shape index (κ3) is 3.08. The highest BCUT2D eigenvalue weighted by Gasteiger charge is 2.17. The summed E-state index contributed by atoms with van der Waals surface area (Å²) in [7, 11) is 0. The van der Waals surface area contributed by atoms with Crippen molar-refractivity contribution in [2.75, 3.05) is 19.7 Å². The molecule has 20 heavy (non-hydrogen) atoms. The molecule has 4 nitrogen and oxygen atoms in total. The van der Waals surface area contributed by atoms with E-state index >= 15 is 0 Å². The molecule has 0 aliphatic carbocycles. The Morgan fingerprint density at radius 1 is 1.35 bits per heavy atom. The summed E-state index contributed by atoms with van der Waals surface area (Å²) in [5.74, 6) is 0. The van der Waals surface area contributed by atoms with Crippen molar-refractivity contribution in [1.29, 1.82) is 0 Å². The molecule has 1 saturated heterocycles. The van der Waals surface area contributed by atoms with Crippen LogP contribution in [0.15, 0.2) is 36.5 Å². The second kappa shape index (κ2) is 6.20. The lowest BCUT2D eigenvalue weighted by atomic mass is 10.1. The number of ether oxygens (including phenoxy) is 1. The van der Waals surface area contributed by atoms with Crippen molar-refractivity contribution in [3.05, 3.63) is 42.1 Å². The lowest BCUT2D eigenvalue weighted by molar-refractivity contribution is 0.0668. The van der Waals surface area contributed by atoms with Gasteiger partial charge >= 0.3 is 0 Å². The van der Waals surface area contributed by atoms with Gasteiger partial charge in [0.25, 0.3) is 0 Å². The van der Waals surface area contributed by atoms with Crippen molar-refractivity contribution in [1.82, 2.24) is 15.1 Å². The highest BCUT2D eigenvalue weighted by molar-refractivity contribution is 5.62. The van der Waals surface area contributed by atoms with Gasteiger partial charge in [0, 0.05) is 31.8 Å². The minimum absolute atomic E-state index is 0.310. The molecule has 1 aromatic carbocycles. The fraction of sp³-hybridized carbons (Fsp3) is 0.438. The predicted molar refractivity (Wildman–Crippen MR) is 79.3 cm³/mol. The highest BCUT2D eigenvalue weighted by atomic mass is 16.5. The first kappa shape index (κ1) is 13.3. The molecule has 106 valence electrons. The van der Waals surface area contributed by atoms with E-state index in [1.54, 1.807) is 0 Å². The average molecular weight is 271 g/mol. The Balaban J connectivity index is 1.76. The molecule has 0 amide bonds. The lowest BCUT2D eigenvalue weighted by Crippen LogP contribution is -2.29. The lowest BCUT2D eigenvalue weighted by Gasteiger charge is -2.21. The summed E-state index contributed by atoms with van der Waals surface area (Å²) in [5.41, 5.74) is 3.58. The molecular weight excluding hydrogens is 250 g/mol. The molecule has 0 radical (unpaired) electrons. The number of benzene rings is 1. The van der Waals surface area contributed by atoms with Gasteiger partial charge in [-0.05, 0) is 18.9 Å². The third-order valence-corrected chi connectivity index (χ3v) is 3.71. The summed E-state index contributed by atoms with van der Waals surface area (Å²) in [6.45, 7) is 6.01. The van der Waals surface area contributed by atoms with Crippen LogP contribution in [0.1, 0.15) is 18.9 Å². The van der Waals surface area contributed by atoms with Gasteiger partial charge in [-0.3, -0.25) is 10.00 Å². The Kier molecular flexibility index (Phi) is 4.14. The summed E-state index contributed by atoms with van der Waals surface area (Å²) in [6, 6.07) is 10.4. The Morgan fingerprint density at radius 3 is 3.05 bits per heavy atom. The van der Waals surface area contributed by atoms with Gasteiger partial charge in [0.05, 0.1) is 18.0 Å². The van der Waals surface area contributed by atoms with E-state index in [0.717, 1.165) is 38.4 Å². The van der Waals surface area contributed by atoms with Gasteiger partial charge in [-0.1, -0.05) is 30.3 Å². The largest absolute Gasteiger partial charge is 0.377 e. The van der Waals surface area contributed by atoms with Crippen LogP contribution in [0.3, 0.4) is 0 Å². The molecule has 0 saturated carbocycles. The molecule has 1 N–H and O–H groups in total. The van der Waals surface area contributed by atoms with Crippen molar-refractivity contribution in [2.45, 2.75) is 26.0 Å². The summed E-state index contributed by atoms with van der Waals surface area (Å²) in [6.07, 6.45) is 3.35. The molecule has 2 aromatic rings. The minimum atomic E-state index is 0.310. The summed E-state index contributed by atoms with van der Waals surface area (Å²) >= 11 is 0. The van der Waals surface area contributed by atoms with E-state index in [9.17, 15) is 0 Å². The molecule has 1 fully saturated rings. The number of hydrogen-bond acceptors (Lipinski definition) is 3. The van der Waals surface area contributed by atoms with Crippen LogP contribution in [-0.2, 0) is 11.3 Å². The van der Waals surface area contributed by atoms with Crippen LogP contribution in [0.25, 0.3) is 11.3 Å². The van der Waals surface area contributed by atoms with Crippen molar-refractivity contribution in [2.24, 2.45) is 0 Å². The van der Waals surface area contributed by atoms with E-state index < -0.39 is 0 Å². The smallest absolute Gasteiger partial charge is 0.0695 e. The zero-order chi connectivity index (χ0) is 13.8. The number of H-pyrrole nitrogens is 1. The maximum Gasteiger partial charge on any atom is 0.0695 e. The van der Waals surface area contributed by atoms with E-state index in [1.807, 2.05) is 12.3 Å². The normalized spacial score (nSPS) is 20.8. The summed E-state index contributed by atoms with van der Waals surface area (Å²) in [4.78, 5) is 2.45. The molecule has 0 spiro atoms. The maximum atomic E-state index is 5.70. The van der Waals surface area contributed by atoms with Crippen LogP contribution in [0.4, 0.5) is 0 Å². The number of rotatable bonds is 3. The SMILES string of the molecule is C[C@@H]1CN(Cc2cn[nH]c2-c2ccccc2)CCCO1. The van der Waals surface area contributed by atoms with E-state index in [0.29, 0.717) is 6.10 Å². The Hall–Kier alpha value is -1.65. The van der Waals surface area contributed by atoms with Gasteiger partial charge in [-0.25, -0.2) is 0 Å². The van der Waals surface area contributed by atoms with Crippen LogP contribution in [0.5, 0.6) is 0 Å². The fourth-order valence-electron chi connectivity index (χ4n) is 2.75. The molecule has 2 heterocycles. The first-order valence-corrected chi connectivity index (χ1v) is 7.24. The fourth-order valence-corrected chi connectivity index (χ4v) is 2.75. The van der Waals surface area contributed by atoms with Gasteiger partial charge in [0.2, 0.25) is 0 Å². The van der Waals surface area contributed by atoms with Crippen LogP contribution in [0, 0.1) is 0 Å². The number of aromatic nitrogens is 2. The summed E-state index contributed by atoms with van der Waals surface area (Å²) in [5, 5.41) is 7.35. The van der Waals surface area contributed by atoms with Gasteiger partial charge in [-0.2, -0.15) is 5.10 Å². The number of hydrogen-bond donors (Lipinski definition) is 1. The number of nitrogens with one attached hydrogen (secondary N) is 1. The number of aromatic amines is 1. The van der Waals surface area contributed by atoms with E-state index in [-0.39, 0.29) is 0 Å². The molecule has 1 aliphatic heterocycles. The number of nitrogens with zero attached hydrogens (tertiary/aromatic N) is 2. The molecule has 0 unspecified atom stereocenters. The zero-order valence-corrected chi connectivity index (χ0v) is 11.9. The van der Waals surface area contributed by atoms with Gasteiger partial charge in [0.1, 0.15) is 0 Å². The molecule has 0 bridgehead atoms. The first-order chi connectivity index (χ1) is 9.83. The molecule has 1 atom stereocenters. The van der Waals surface area contributed by atoms with Crippen LogP contribution in [0.2, 0.25) is 0 Å². The standard InChI is InChI=1S/C16H21N3O/c1-13-11-19(8-5-9-20-13)12-15-10-17-18-16(15)14-6-3-2-4-7-14/h2-4,6-7,10,13H,5,8-9,11-12H2,1H3,(H,17,18)/t13-/m1/s1. The quantitative estimate of drug-likeness (QED) is 0.933. The Labute approximate surface area is 119 Å². The monoisotopic (exact) mass is 271 g/mol. The Morgan fingerprint density at radius 2 is 2.20 bits per heavy atom. The molecular formula is C16H21N3O. The first-order valence-electron chi connectivity index (χ1n) is 7.24. The zero-order valence-electron chi connectivity index (χ0n) is 11.9. The summed E-state index contributed by atoms with van der Waals surface area (Å²) < 4.78 is 5.70. The van der Waals surface area contributed by atoms with Crippen molar-refractivity contribution < 1.29 is 4.74 Å². The second-order valence-electron chi connectivity index (χ2n) is 5.41. The maximum absolute atomic E-state index is 5.70. The highest BCUT2D eigenvalue weighted by Crippen LogP contribution is 2.22. The third-order valence-electron chi connectivity index (χ3n) is 3.71. The second-order valence-corrected chi connectivity index (χ2v) is 5.41. The van der Waals surface area contributed by atoms with E-state index in [1.165, 1.54) is 11.1 Å². The van der Waals surface area contributed by atoms with Gasteiger partial charge < -0.3 is 4.74 Å². The average Bonchev–Trinajstić information content (AvgIpc) is 2.82. The van der Waals surface area contributed by atoms with Gasteiger partial charge in [0.15, 0.2) is 0 Å². The molecule has 1 aromatic heterocycles. The van der Waals surface area contributed by atoms with Crippen LogP contribution >= 0.6 is 0 Å². The molecule has 1 aliphatic rings. The topological polar surface area (TPSA) is 41.2 Å². The van der Waals surface area contributed by atoms with Crippen molar-refractivity contribution in [3.63, 3.8) is 0 Å². The minimum Gasteiger partial charge on any atom is -0.377 e. The van der Waals surface area contributed by atoms with Crippen molar-refractivity contribution in [3.8, 4) is 11.3 Å². The van der Waals surface area contributed by atoms with Gasteiger partial charge in [-0.15, -0.1) is 0 Å². The Bertz CT molecular complexity index is 538. The van der Waals surface area contributed by atoms with Crippen LogP contribution in [-0.4, -0.2) is 40.9 Å². The van der Waals surface area contributed by atoms with Crippen molar-refractivity contribution >= 4 is 0 Å². The predicted octanol–water partition coefficient (Wildman–Crippen LogP) is 2.69. The molecule has 4 heteroatoms.